The Labute approximate surface area is 130 Å². The van der Waals surface area contributed by atoms with Gasteiger partial charge in [0, 0.05) is 17.8 Å². The van der Waals surface area contributed by atoms with Crippen LogP contribution < -0.4 is 4.74 Å². The largest absolute Gasteiger partial charge is 0.481 e. The van der Waals surface area contributed by atoms with E-state index in [9.17, 15) is 0 Å². The molecule has 0 fully saturated rings. The minimum absolute atomic E-state index is 0.127. The van der Waals surface area contributed by atoms with Crippen molar-refractivity contribution in [1.29, 1.82) is 0 Å². The first-order valence-corrected chi connectivity index (χ1v) is 6.67. The van der Waals surface area contributed by atoms with Gasteiger partial charge in [-0.25, -0.2) is 14.6 Å². The van der Waals surface area contributed by atoms with Crippen LogP contribution in [0.1, 0.15) is 0 Å². The van der Waals surface area contributed by atoms with E-state index in [1.54, 1.807) is 30.3 Å². The van der Waals surface area contributed by atoms with Crippen molar-refractivity contribution in [3.63, 3.8) is 0 Å². The van der Waals surface area contributed by atoms with Gasteiger partial charge in [-0.3, -0.25) is 0 Å². The molecule has 21 heavy (non-hydrogen) atoms. The number of rotatable bonds is 3. The number of pyridine rings is 1. The van der Waals surface area contributed by atoms with Gasteiger partial charge in [-0.1, -0.05) is 17.7 Å². The Morgan fingerprint density at radius 3 is 2.81 bits per heavy atom. The second kappa shape index (κ2) is 5.67. The Hall–Kier alpha value is -2.18. The first-order valence-electron chi connectivity index (χ1n) is 5.92. The van der Waals surface area contributed by atoms with Crippen LogP contribution in [0, 0.1) is 0 Å². The van der Waals surface area contributed by atoms with Gasteiger partial charge in [0.05, 0.1) is 30.2 Å². The molecule has 0 aliphatic rings. The Morgan fingerprint density at radius 2 is 2.00 bits per heavy atom. The molecule has 0 saturated carbocycles. The van der Waals surface area contributed by atoms with Crippen molar-refractivity contribution in [2.45, 2.75) is 0 Å². The van der Waals surface area contributed by atoms with Crippen molar-refractivity contribution < 1.29 is 4.74 Å². The Kier molecular flexibility index (Phi) is 3.72. The molecule has 6 nitrogen and oxygen atoms in total. The van der Waals surface area contributed by atoms with Crippen LogP contribution in [0.5, 0.6) is 5.88 Å². The predicted octanol–water partition coefficient (Wildman–Crippen LogP) is 3.04. The van der Waals surface area contributed by atoms with Crippen LogP contribution in [0.4, 0.5) is 0 Å². The highest BCUT2D eigenvalue weighted by molar-refractivity contribution is 6.33. The van der Waals surface area contributed by atoms with Crippen LogP contribution in [-0.2, 0) is 0 Å². The van der Waals surface area contributed by atoms with Gasteiger partial charge in [0.1, 0.15) is 0 Å². The number of hydrogen-bond donors (Lipinski definition) is 0. The summed E-state index contributed by atoms with van der Waals surface area (Å²) < 4.78 is 6.69. The lowest BCUT2D eigenvalue weighted by Crippen LogP contribution is -1.98. The molecule has 0 radical (unpaired) electrons. The van der Waals surface area contributed by atoms with E-state index in [1.165, 1.54) is 6.20 Å². The smallest absolute Gasteiger partial charge is 0.222 e. The highest BCUT2D eigenvalue weighted by Gasteiger charge is 2.11. The SMILES string of the molecule is COc1cccc(-n2cc(-c3nc(Cl)ncc3Cl)cn2)n1. The van der Waals surface area contributed by atoms with Gasteiger partial charge in [-0.15, -0.1) is 0 Å². The molecule has 0 atom stereocenters. The maximum absolute atomic E-state index is 6.08. The minimum atomic E-state index is 0.127. The van der Waals surface area contributed by atoms with Crippen LogP contribution >= 0.6 is 23.2 Å². The molecular weight excluding hydrogens is 313 g/mol. The van der Waals surface area contributed by atoms with Crippen LogP contribution in [0.3, 0.4) is 0 Å². The first-order chi connectivity index (χ1) is 10.2. The Balaban J connectivity index is 2.01. The average molecular weight is 322 g/mol. The lowest BCUT2D eigenvalue weighted by Gasteiger charge is -2.03. The van der Waals surface area contributed by atoms with Gasteiger partial charge < -0.3 is 4.74 Å². The molecule has 0 aromatic carbocycles. The van der Waals surface area contributed by atoms with E-state index in [0.717, 1.165) is 0 Å². The summed E-state index contributed by atoms with van der Waals surface area (Å²) in [6, 6.07) is 5.40. The average Bonchev–Trinajstić information content (AvgIpc) is 2.99. The topological polar surface area (TPSA) is 65.7 Å². The second-order valence-electron chi connectivity index (χ2n) is 4.05. The van der Waals surface area contributed by atoms with E-state index < -0.39 is 0 Å². The van der Waals surface area contributed by atoms with Crippen molar-refractivity contribution >= 4 is 23.2 Å². The fourth-order valence-corrected chi connectivity index (χ4v) is 2.10. The third-order valence-electron chi connectivity index (χ3n) is 2.72. The van der Waals surface area contributed by atoms with E-state index in [-0.39, 0.29) is 5.28 Å². The van der Waals surface area contributed by atoms with Crippen LogP contribution in [0.25, 0.3) is 17.1 Å². The predicted molar refractivity (Wildman–Crippen MR) is 79.0 cm³/mol. The van der Waals surface area contributed by atoms with Crippen molar-refractivity contribution in [2.24, 2.45) is 0 Å². The van der Waals surface area contributed by atoms with Crippen molar-refractivity contribution in [3.8, 4) is 23.0 Å². The van der Waals surface area contributed by atoms with Crippen molar-refractivity contribution in [2.75, 3.05) is 7.11 Å². The summed E-state index contributed by atoms with van der Waals surface area (Å²) in [5.41, 5.74) is 1.24. The molecule has 0 bridgehead atoms. The molecule has 3 heterocycles. The maximum Gasteiger partial charge on any atom is 0.222 e. The highest BCUT2D eigenvalue weighted by Crippen LogP contribution is 2.26. The summed E-state index contributed by atoms with van der Waals surface area (Å²) >= 11 is 11.9. The molecule has 0 saturated heterocycles. The minimum Gasteiger partial charge on any atom is -0.481 e. The number of methoxy groups -OCH3 is 1. The Morgan fingerprint density at radius 1 is 1.14 bits per heavy atom. The number of ether oxygens (including phenoxy) is 1. The zero-order valence-corrected chi connectivity index (χ0v) is 12.4. The summed E-state index contributed by atoms with van der Waals surface area (Å²) in [7, 11) is 1.56. The van der Waals surface area contributed by atoms with Gasteiger partial charge >= 0.3 is 0 Å². The third-order valence-corrected chi connectivity index (χ3v) is 3.18. The highest BCUT2D eigenvalue weighted by atomic mass is 35.5. The zero-order valence-electron chi connectivity index (χ0n) is 10.9. The van der Waals surface area contributed by atoms with E-state index in [2.05, 4.69) is 20.1 Å². The third kappa shape index (κ3) is 2.81. The van der Waals surface area contributed by atoms with Gasteiger partial charge in [0.15, 0.2) is 5.82 Å². The summed E-state index contributed by atoms with van der Waals surface area (Å²) in [5, 5.41) is 4.77. The van der Waals surface area contributed by atoms with E-state index in [4.69, 9.17) is 27.9 Å². The number of aromatic nitrogens is 5. The number of nitrogens with zero attached hydrogens (tertiary/aromatic N) is 5. The van der Waals surface area contributed by atoms with Crippen molar-refractivity contribution in [1.82, 2.24) is 24.7 Å². The molecule has 0 aliphatic carbocycles. The van der Waals surface area contributed by atoms with E-state index in [1.807, 2.05) is 12.1 Å². The molecule has 106 valence electrons. The number of halogens is 2. The second-order valence-corrected chi connectivity index (χ2v) is 4.79. The normalized spacial score (nSPS) is 10.6. The van der Waals surface area contributed by atoms with Crippen LogP contribution in [0.15, 0.2) is 36.8 Å². The summed E-state index contributed by atoms with van der Waals surface area (Å²) in [6.07, 6.45) is 4.84. The quantitative estimate of drug-likeness (QED) is 0.694. The van der Waals surface area contributed by atoms with Gasteiger partial charge in [-0.2, -0.15) is 10.1 Å². The van der Waals surface area contributed by atoms with E-state index in [0.29, 0.717) is 28.0 Å². The van der Waals surface area contributed by atoms with Crippen LogP contribution in [0.2, 0.25) is 10.3 Å². The molecule has 0 aliphatic heterocycles. The van der Waals surface area contributed by atoms with Gasteiger partial charge in [0.2, 0.25) is 11.2 Å². The van der Waals surface area contributed by atoms with Gasteiger partial charge in [0.25, 0.3) is 0 Å². The number of hydrogen-bond acceptors (Lipinski definition) is 5. The molecule has 3 aromatic rings. The molecule has 0 spiro atoms. The molecule has 0 N–H and O–H groups in total. The fraction of sp³-hybridized carbons (Fsp3) is 0.0769. The molecule has 0 amide bonds. The molecule has 0 unspecified atom stereocenters. The van der Waals surface area contributed by atoms with Crippen molar-refractivity contribution in [3.05, 3.63) is 47.1 Å². The zero-order chi connectivity index (χ0) is 14.8. The molecule has 3 rings (SSSR count). The summed E-state index contributed by atoms with van der Waals surface area (Å²) in [4.78, 5) is 12.2. The van der Waals surface area contributed by atoms with Gasteiger partial charge in [-0.05, 0) is 17.7 Å². The lowest BCUT2D eigenvalue weighted by molar-refractivity contribution is 0.397. The Bertz CT molecular complexity index is 790. The summed E-state index contributed by atoms with van der Waals surface area (Å²) in [6.45, 7) is 0. The summed E-state index contributed by atoms with van der Waals surface area (Å²) in [5.74, 6) is 1.13. The molecule has 8 heteroatoms. The first kappa shape index (κ1) is 13.8. The fourth-order valence-electron chi connectivity index (χ4n) is 1.76. The maximum atomic E-state index is 6.08. The monoisotopic (exact) mass is 321 g/mol. The lowest BCUT2D eigenvalue weighted by atomic mass is 10.2. The standard InChI is InChI=1S/C13H9Cl2N5O/c1-21-11-4-2-3-10(18-11)20-7-8(5-17-20)12-9(14)6-16-13(15)19-12/h2-7H,1H3. The van der Waals surface area contributed by atoms with E-state index >= 15 is 0 Å². The van der Waals surface area contributed by atoms with Crippen LogP contribution in [-0.4, -0.2) is 31.8 Å². The molecular formula is C13H9Cl2N5O. The molecule has 3 aromatic heterocycles.